The summed E-state index contributed by atoms with van der Waals surface area (Å²) in [5.41, 5.74) is 4.20. The van der Waals surface area contributed by atoms with Crippen LogP contribution in [-0.4, -0.2) is 0 Å². The smallest absolute Gasteiger partial charge is 0.0555 e. The van der Waals surface area contributed by atoms with Crippen LogP contribution in [0.3, 0.4) is 0 Å². The van der Waals surface area contributed by atoms with Gasteiger partial charge in [-0.05, 0) is 18.4 Å². The molecule has 0 heterocycles. The summed E-state index contributed by atoms with van der Waals surface area (Å²) >= 11 is 0. The highest BCUT2D eigenvalue weighted by Gasteiger charge is 2.22. The molecule has 0 atom stereocenters. The van der Waals surface area contributed by atoms with Crippen LogP contribution < -0.4 is 0 Å². The van der Waals surface area contributed by atoms with Crippen LogP contribution in [0.4, 0.5) is 0 Å². The molecule has 0 fully saturated rings. The third-order valence-electron chi connectivity index (χ3n) is 3.25. The number of rotatable bonds is 3. The third-order valence-corrected chi connectivity index (χ3v) is 3.25. The zero-order valence-corrected chi connectivity index (χ0v) is 9.77. The van der Waals surface area contributed by atoms with Gasteiger partial charge in [-0.1, -0.05) is 77.9 Å². The van der Waals surface area contributed by atoms with Gasteiger partial charge in [0.15, 0.2) is 0 Å². The van der Waals surface area contributed by atoms with Crippen molar-refractivity contribution in [1.82, 2.24) is 0 Å². The molecule has 0 unspecified atom stereocenters. The van der Waals surface area contributed by atoms with Gasteiger partial charge in [-0.25, -0.2) is 0 Å². The van der Waals surface area contributed by atoms with Gasteiger partial charge in [-0.2, -0.15) is 0 Å². The van der Waals surface area contributed by atoms with E-state index in [1.807, 2.05) is 0 Å². The highest BCUT2D eigenvalue weighted by molar-refractivity contribution is 5.59. The summed E-state index contributed by atoms with van der Waals surface area (Å²) in [6.45, 7) is 0. The van der Waals surface area contributed by atoms with Crippen molar-refractivity contribution in [3.63, 3.8) is 0 Å². The van der Waals surface area contributed by atoms with Gasteiger partial charge in [0, 0.05) is 0 Å². The van der Waals surface area contributed by atoms with Crippen molar-refractivity contribution in [2.24, 2.45) is 0 Å². The van der Waals surface area contributed by atoms with Crippen molar-refractivity contribution in [1.29, 1.82) is 0 Å². The molecule has 0 aliphatic heterocycles. The van der Waals surface area contributed by atoms with Crippen LogP contribution in [-0.2, 0) is 0 Å². The molecule has 1 radical (unpaired) electrons. The highest BCUT2D eigenvalue weighted by atomic mass is 14.2. The normalized spacial score (nSPS) is 17.7. The molecule has 0 nitrogen and oxygen atoms in total. The topological polar surface area (TPSA) is 0 Å². The Balaban J connectivity index is 1.97. The molecule has 0 aromatic heterocycles. The lowest BCUT2D eigenvalue weighted by Crippen LogP contribution is -2.05. The van der Waals surface area contributed by atoms with E-state index in [0.717, 1.165) is 12.8 Å². The van der Waals surface area contributed by atoms with Crippen LogP contribution in [0.1, 0.15) is 18.4 Å². The van der Waals surface area contributed by atoms with Gasteiger partial charge in [-0.15, -0.1) is 0 Å². The molecule has 3 rings (SSSR count). The quantitative estimate of drug-likeness (QED) is 0.707. The predicted octanol–water partition coefficient (Wildman–Crippen LogP) is 4.38. The van der Waals surface area contributed by atoms with Crippen molar-refractivity contribution < 1.29 is 0 Å². The van der Waals surface area contributed by atoms with Crippen molar-refractivity contribution >= 4 is 0 Å². The molecule has 2 aliphatic carbocycles. The molecular formula is C17H15. The Kier molecular flexibility index (Phi) is 2.79. The molecule has 0 heteroatoms. The molecule has 0 amide bonds. The van der Waals surface area contributed by atoms with E-state index in [4.69, 9.17) is 0 Å². The second-order valence-corrected chi connectivity index (χ2v) is 4.39. The third kappa shape index (κ3) is 2.03. The maximum absolute atomic E-state index is 2.24. The van der Waals surface area contributed by atoms with Crippen molar-refractivity contribution in [2.45, 2.75) is 12.8 Å². The Morgan fingerprint density at radius 1 is 0.765 bits per heavy atom. The summed E-state index contributed by atoms with van der Waals surface area (Å²) in [6.07, 6.45) is 15.3. The summed E-state index contributed by atoms with van der Waals surface area (Å²) < 4.78 is 0. The summed E-state index contributed by atoms with van der Waals surface area (Å²) in [5.74, 6) is 1.42. The fourth-order valence-corrected chi connectivity index (χ4v) is 2.45. The van der Waals surface area contributed by atoms with Crippen LogP contribution in [0, 0.1) is 5.92 Å². The molecule has 0 saturated carbocycles. The fourth-order valence-electron chi connectivity index (χ4n) is 2.45. The number of hydrogen-bond donors (Lipinski definition) is 0. The van der Waals surface area contributed by atoms with Gasteiger partial charge >= 0.3 is 0 Å². The minimum Gasteiger partial charge on any atom is -0.0804 e. The van der Waals surface area contributed by atoms with Gasteiger partial charge in [0.05, 0.1) is 5.92 Å². The van der Waals surface area contributed by atoms with Crippen LogP contribution >= 0.6 is 0 Å². The molecule has 2 aliphatic rings. The average Bonchev–Trinajstić information content (AvgIpc) is 3.04. The fraction of sp³-hybridized carbons (Fsp3) is 0.118. The van der Waals surface area contributed by atoms with Gasteiger partial charge < -0.3 is 0 Å². The standard InChI is InChI=1S/C17H15/c1-2-8-14(9-3-1)17(15-10-4-5-11-15)16-12-6-7-13-16/h1-10,12H,11,13H2. The summed E-state index contributed by atoms with van der Waals surface area (Å²) in [5, 5.41) is 0. The van der Waals surface area contributed by atoms with Crippen molar-refractivity contribution in [2.75, 3.05) is 0 Å². The zero-order chi connectivity index (χ0) is 11.5. The van der Waals surface area contributed by atoms with E-state index in [1.54, 1.807) is 0 Å². The Morgan fingerprint density at radius 3 is 1.82 bits per heavy atom. The van der Waals surface area contributed by atoms with Gasteiger partial charge in [0.25, 0.3) is 0 Å². The lowest BCUT2D eigenvalue weighted by molar-refractivity contribution is 1.07. The Morgan fingerprint density at radius 2 is 1.35 bits per heavy atom. The second kappa shape index (κ2) is 4.58. The number of benzene rings is 1. The first-order chi connectivity index (χ1) is 8.45. The maximum Gasteiger partial charge on any atom is 0.0555 e. The van der Waals surface area contributed by atoms with E-state index in [2.05, 4.69) is 66.8 Å². The van der Waals surface area contributed by atoms with E-state index in [0.29, 0.717) is 0 Å². The molecule has 17 heavy (non-hydrogen) atoms. The van der Waals surface area contributed by atoms with E-state index in [-0.39, 0.29) is 0 Å². The summed E-state index contributed by atoms with van der Waals surface area (Å²) in [7, 11) is 0. The molecule has 83 valence electrons. The van der Waals surface area contributed by atoms with Gasteiger partial charge in [-0.3, -0.25) is 0 Å². The van der Waals surface area contributed by atoms with E-state index in [9.17, 15) is 0 Å². The lowest BCUT2D eigenvalue weighted by Gasteiger charge is -2.19. The lowest BCUT2D eigenvalue weighted by atomic mass is 9.83. The number of hydrogen-bond acceptors (Lipinski definition) is 0. The first-order valence-corrected chi connectivity index (χ1v) is 6.09. The Labute approximate surface area is 103 Å². The van der Waals surface area contributed by atoms with Crippen molar-refractivity contribution in [3.8, 4) is 0 Å². The number of allylic oxidation sites excluding steroid dienone is 8. The van der Waals surface area contributed by atoms with E-state index in [1.165, 1.54) is 22.6 Å². The van der Waals surface area contributed by atoms with Crippen molar-refractivity contribution in [3.05, 3.63) is 89.4 Å². The van der Waals surface area contributed by atoms with Crippen LogP contribution in [0.15, 0.2) is 77.9 Å². The van der Waals surface area contributed by atoms with E-state index >= 15 is 0 Å². The minimum atomic E-state index is 1.06. The molecule has 0 spiro atoms. The van der Waals surface area contributed by atoms with Crippen LogP contribution in [0.2, 0.25) is 0 Å². The monoisotopic (exact) mass is 219 g/mol. The molecule has 0 bridgehead atoms. The predicted molar refractivity (Wildman–Crippen MR) is 72.5 cm³/mol. The maximum atomic E-state index is 2.24. The van der Waals surface area contributed by atoms with Crippen LogP contribution in [0.5, 0.6) is 0 Å². The molecule has 0 saturated heterocycles. The molecular weight excluding hydrogens is 204 g/mol. The minimum absolute atomic E-state index is 1.06. The largest absolute Gasteiger partial charge is 0.0804 e. The van der Waals surface area contributed by atoms with Gasteiger partial charge in [0.1, 0.15) is 0 Å². The Bertz CT molecular complexity index is 482. The van der Waals surface area contributed by atoms with Gasteiger partial charge in [0.2, 0.25) is 0 Å². The molecule has 0 N–H and O–H groups in total. The molecule has 1 aromatic carbocycles. The Hall–Kier alpha value is -1.82. The highest BCUT2D eigenvalue weighted by Crippen LogP contribution is 2.37. The first-order valence-electron chi connectivity index (χ1n) is 6.09. The molecule has 1 aromatic rings. The van der Waals surface area contributed by atoms with E-state index < -0.39 is 0 Å². The second-order valence-electron chi connectivity index (χ2n) is 4.39. The zero-order valence-electron chi connectivity index (χ0n) is 9.77. The SMILES string of the molecule is C1=CCC([C](C2=CC=CC2)c2ccccc2)=C1. The van der Waals surface area contributed by atoms with Crippen LogP contribution in [0.25, 0.3) is 0 Å². The summed E-state index contributed by atoms with van der Waals surface area (Å²) in [4.78, 5) is 0. The summed E-state index contributed by atoms with van der Waals surface area (Å²) in [6, 6.07) is 10.7. The average molecular weight is 219 g/mol. The first kappa shape index (κ1) is 10.3.